The van der Waals surface area contributed by atoms with Gasteiger partial charge in [-0.25, -0.2) is 0 Å². The molecule has 5 heteroatoms. The zero-order chi connectivity index (χ0) is 17.6. The van der Waals surface area contributed by atoms with Gasteiger partial charge in [0.1, 0.15) is 5.75 Å². The van der Waals surface area contributed by atoms with Gasteiger partial charge in [-0.05, 0) is 54.6 Å². The first-order valence-electron chi connectivity index (χ1n) is 8.19. The standard InChI is InChI=1S/C20H20N2O3/c1-14-11-16-12-15(7-8-18(16)22-20(14)24)9-10-21-19(23)13-25-17-5-3-2-4-6-17/h2-8,11-12H,9-10,13H2,1H3,(H,21,23)(H,22,24). The largest absolute Gasteiger partial charge is 0.484 e. The van der Waals surface area contributed by atoms with Crippen molar-refractivity contribution in [3.05, 3.63) is 76.1 Å². The molecule has 3 rings (SSSR count). The first-order valence-corrected chi connectivity index (χ1v) is 8.19. The summed E-state index contributed by atoms with van der Waals surface area (Å²) < 4.78 is 5.41. The van der Waals surface area contributed by atoms with Crippen LogP contribution >= 0.6 is 0 Å². The van der Waals surface area contributed by atoms with E-state index in [9.17, 15) is 9.59 Å². The third-order valence-corrected chi connectivity index (χ3v) is 3.94. The van der Waals surface area contributed by atoms with Crippen LogP contribution in [0.25, 0.3) is 10.9 Å². The normalized spacial score (nSPS) is 10.6. The second-order valence-electron chi connectivity index (χ2n) is 5.90. The number of carbonyl (C=O) groups is 1. The quantitative estimate of drug-likeness (QED) is 0.727. The van der Waals surface area contributed by atoms with Gasteiger partial charge in [-0.1, -0.05) is 24.3 Å². The number of pyridine rings is 1. The maximum absolute atomic E-state index is 11.8. The Morgan fingerprint density at radius 3 is 2.72 bits per heavy atom. The highest BCUT2D eigenvalue weighted by atomic mass is 16.5. The Bertz CT molecular complexity index is 933. The van der Waals surface area contributed by atoms with Crippen molar-refractivity contribution in [2.75, 3.05) is 13.2 Å². The lowest BCUT2D eigenvalue weighted by molar-refractivity contribution is -0.123. The first-order chi connectivity index (χ1) is 12.1. The monoisotopic (exact) mass is 336 g/mol. The number of aryl methyl sites for hydroxylation is 1. The Kier molecular flexibility index (Phi) is 5.14. The molecule has 0 atom stereocenters. The Morgan fingerprint density at radius 1 is 1.12 bits per heavy atom. The van der Waals surface area contributed by atoms with Crippen LogP contribution in [0.15, 0.2) is 59.4 Å². The summed E-state index contributed by atoms with van der Waals surface area (Å²) in [5.41, 5.74) is 2.55. The molecule has 3 aromatic rings. The van der Waals surface area contributed by atoms with Gasteiger partial charge in [-0.15, -0.1) is 0 Å². The van der Waals surface area contributed by atoms with Crippen LogP contribution in [-0.2, 0) is 11.2 Å². The molecule has 128 valence electrons. The highest BCUT2D eigenvalue weighted by molar-refractivity contribution is 5.80. The van der Waals surface area contributed by atoms with Crippen LogP contribution in [0.5, 0.6) is 5.75 Å². The SMILES string of the molecule is Cc1cc2cc(CCNC(=O)COc3ccccc3)ccc2[nH]c1=O. The van der Waals surface area contributed by atoms with Crippen molar-refractivity contribution in [3.63, 3.8) is 0 Å². The second-order valence-corrected chi connectivity index (χ2v) is 5.90. The van der Waals surface area contributed by atoms with Gasteiger partial charge in [0.05, 0.1) is 0 Å². The molecule has 0 saturated carbocycles. The molecule has 1 aromatic heterocycles. The van der Waals surface area contributed by atoms with E-state index >= 15 is 0 Å². The molecular weight excluding hydrogens is 316 g/mol. The molecular formula is C20H20N2O3. The van der Waals surface area contributed by atoms with E-state index in [-0.39, 0.29) is 18.1 Å². The number of benzene rings is 2. The number of nitrogens with one attached hydrogen (secondary N) is 2. The predicted molar refractivity (Wildman–Crippen MR) is 98.0 cm³/mol. The van der Waals surface area contributed by atoms with Crippen LogP contribution in [0.3, 0.4) is 0 Å². The molecule has 2 N–H and O–H groups in total. The van der Waals surface area contributed by atoms with E-state index in [0.29, 0.717) is 24.3 Å². The fourth-order valence-electron chi connectivity index (χ4n) is 2.58. The molecule has 0 spiro atoms. The third kappa shape index (κ3) is 4.47. The summed E-state index contributed by atoms with van der Waals surface area (Å²) in [6.45, 7) is 2.32. The zero-order valence-corrected chi connectivity index (χ0v) is 14.0. The van der Waals surface area contributed by atoms with Crippen LogP contribution in [0.4, 0.5) is 0 Å². The smallest absolute Gasteiger partial charge is 0.257 e. The van der Waals surface area contributed by atoms with Crippen molar-refractivity contribution in [1.82, 2.24) is 10.3 Å². The number of para-hydroxylation sites is 1. The van der Waals surface area contributed by atoms with Gasteiger partial charge < -0.3 is 15.0 Å². The van der Waals surface area contributed by atoms with E-state index in [1.807, 2.05) is 54.6 Å². The van der Waals surface area contributed by atoms with Gasteiger partial charge >= 0.3 is 0 Å². The molecule has 0 bridgehead atoms. The maximum atomic E-state index is 11.8. The molecule has 2 aromatic carbocycles. The van der Waals surface area contributed by atoms with E-state index in [1.165, 1.54) is 0 Å². The number of hydrogen-bond acceptors (Lipinski definition) is 3. The average Bonchev–Trinajstić information content (AvgIpc) is 2.62. The van der Waals surface area contributed by atoms with Crippen molar-refractivity contribution < 1.29 is 9.53 Å². The molecule has 0 aliphatic carbocycles. The van der Waals surface area contributed by atoms with Crippen molar-refractivity contribution >= 4 is 16.8 Å². The molecule has 1 amide bonds. The number of aromatic nitrogens is 1. The predicted octanol–water partition coefficient (Wildman–Crippen LogP) is 2.57. The average molecular weight is 336 g/mol. The van der Waals surface area contributed by atoms with Gasteiger partial charge in [0.25, 0.3) is 11.5 Å². The summed E-state index contributed by atoms with van der Waals surface area (Å²) in [5, 5.41) is 3.84. The van der Waals surface area contributed by atoms with Gasteiger partial charge in [-0.2, -0.15) is 0 Å². The maximum Gasteiger partial charge on any atom is 0.257 e. The minimum absolute atomic E-state index is 0.00215. The lowest BCUT2D eigenvalue weighted by Gasteiger charge is -2.08. The Hall–Kier alpha value is -3.08. The minimum Gasteiger partial charge on any atom is -0.484 e. The summed E-state index contributed by atoms with van der Waals surface area (Å²) in [4.78, 5) is 26.3. The minimum atomic E-state index is -0.148. The lowest BCUT2D eigenvalue weighted by atomic mass is 10.1. The number of rotatable bonds is 6. The molecule has 0 aliphatic rings. The van der Waals surface area contributed by atoms with Gasteiger partial charge in [-0.3, -0.25) is 9.59 Å². The molecule has 0 aliphatic heterocycles. The zero-order valence-electron chi connectivity index (χ0n) is 14.0. The van der Waals surface area contributed by atoms with Gasteiger partial charge in [0.2, 0.25) is 0 Å². The Labute approximate surface area is 145 Å². The van der Waals surface area contributed by atoms with Crippen LogP contribution in [0.2, 0.25) is 0 Å². The molecule has 0 radical (unpaired) electrons. The summed E-state index contributed by atoms with van der Waals surface area (Å²) >= 11 is 0. The number of hydrogen-bond donors (Lipinski definition) is 2. The number of amides is 1. The van der Waals surface area contributed by atoms with Gasteiger partial charge in [0.15, 0.2) is 6.61 Å². The van der Waals surface area contributed by atoms with E-state index < -0.39 is 0 Å². The van der Waals surface area contributed by atoms with E-state index in [0.717, 1.165) is 16.5 Å². The van der Waals surface area contributed by atoms with Crippen molar-refractivity contribution in [1.29, 1.82) is 0 Å². The third-order valence-electron chi connectivity index (χ3n) is 3.94. The second kappa shape index (κ2) is 7.66. The molecule has 5 nitrogen and oxygen atoms in total. The topological polar surface area (TPSA) is 71.2 Å². The van der Waals surface area contributed by atoms with Crippen molar-refractivity contribution in [3.8, 4) is 5.75 Å². The highest BCUT2D eigenvalue weighted by Gasteiger charge is 2.04. The number of fused-ring (bicyclic) bond motifs is 1. The number of ether oxygens (including phenoxy) is 1. The summed E-state index contributed by atoms with van der Waals surface area (Å²) in [6, 6.07) is 17.0. The number of aromatic amines is 1. The van der Waals surface area contributed by atoms with Crippen LogP contribution in [-0.4, -0.2) is 24.0 Å². The fourth-order valence-corrected chi connectivity index (χ4v) is 2.58. The molecule has 0 unspecified atom stereocenters. The molecule has 1 heterocycles. The number of carbonyl (C=O) groups excluding carboxylic acids is 1. The van der Waals surface area contributed by atoms with Crippen LogP contribution in [0.1, 0.15) is 11.1 Å². The van der Waals surface area contributed by atoms with Crippen LogP contribution in [0, 0.1) is 6.92 Å². The lowest BCUT2D eigenvalue weighted by Crippen LogP contribution is -2.30. The highest BCUT2D eigenvalue weighted by Crippen LogP contribution is 2.14. The Morgan fingerprint density at radius 2 is 1.92 bits per heavy atom. The van der Waals surface area contributed by atoms with E-state index in [2.05, 4.69) is 10.3 Å². The summed E-state index contributed by atoms with van der Waals surface area (Å²) in [5.74, 6) is 0.529. The molecule has 0 saturated heterocycles. The van der Waals surface area contributed by atoms with Crippen LogP contribution < -0.4 is 15.6 Å². The summed E-state index contributed by atoms with van der Waals surface area (Å²) in [7, 11) is 0. The van der Waals surface area contributed by atoms with Crippen molar-refractivity contribution in [2.24, 2.45) is 0 Å². The Balaban J connectivity index is 1.51. The van der Waals surface area contributed by atoms with Crippen molar-refractivity contribution in [2.45, 2.75) is 13.3 Å². The van der Waals surface area contributed by atoms with Gasteiger partial charge in [0, 0.05) is 17.6 Å². The van der Waals surface area contributed by atoms with E-state index in [4.69, 9.17) is 4.74 Å². The molecule has 25 heavy (non-hydrogen) atoms. The van der Waals surface area contributed by atoms with E-state index in [1.54, 1.807) is 6.92 Å². The first kappa shape index (κ1) is 16.8. The fraction of sp³-hybridized carbons (Fsp3) is 0.200. The number of H-pyrrole nitrogens is 1. The molecule has 0 fully saturated rings. The summed E-state index contributed by atoms with van der Waals surface area (Å²) in [6.07, 6.45) is 0.713.